The molecule has 0 aliphatic heterocycles. The molecule has 0 aliphatic carbocycles. The lowest BCUT2D eigenvalue weighted by Crippen LogP contribution is -2.30. The van der Waals surface area contributed by atoms with Crippen LogP contribution in [0.4, 0.5) is 5.69 Å². The number of methoxy groups -OCH3 is 1. The summed E-state index contributed by atoms with van der Waals surface area (Å²) in [6.45, 7) is 2.45. The number of carbonyl (C=O) groups excluding carboxylic acids is 1. The van der Waals surface area contributed by atoms with Crippen LogP contribution in [0, 0.1) is 0 Å². The molecule has 6 heteroatoms. The van der Waals surface area contributed by atoms with Crippen LogP contribution in [0.5, 0.6) is 17.4 Å². The number of pyridine rings is 2. The van der Waals surface area contributed by atoms with E-state index in [1.165, 1.54) is 6.20 Å². The number of rotatable bonds is 6. The van der Waals surface area contributed by atoms with Crippen molar-refractivity contribution in [2.24, 2.45) is 0 Å². The highest BCUT2D eigenvalue weighted by molar-refractivity contribution is 6.05. The molecule has 1 aromatic carbocycles. The maximum atomic E-state index is 12.7. The summed E-state index contributed by atoms with van der Waals surface area (Å²) in [4.78, 5) is 22.7. The fourth-order valence-corrected chi connectivity index (χ4v) is 2.44. The minimum absolute atomic E-state index is 0.135. The SMILES string of the molecule is CCN(C(=O)c1ccc(Oc2ccc(OC)cc2)nc1)c1cccnc1. The summed E-state index contributed by atoms with van der Waals surface area (Å²) >= 11 is 0. The van der Waals surface area contributed by atoms with Crippen molar-refractivity contribution in [2.45, 2.75) is 6.92 Å². The van der Waals surface area contributed by atoms with Crippen molar-refractivity contribution in [1.82, 2.24) is 9.97 Å². The molecular weight excluding hydrogens is 330 g/mol. The summed E-state index contributed by atoms with van der Waals surface area (Å²) in [5, 5.41) is 0. The Morgan fingerprint density at radius 2 is 1.81 bits per heavy atom. The van der Waals surface area contributed by atoms with Crippen molar-refractivity contribution in [3.05, 3.63) is 72.7 Å². The predicted molar refractivity (Wildman–Crippen MR) is 98.9 cm³/mol. The van der Waals surface area contributed by atoms with Gasteiger partial charge in [0.15, 0.2) is 0 Å². The van der Waals surface area contributed by atoms with Gasteiger partial charge in [-0.3, -0.25) is 9.78 Å². The predicted octanol–water partition coefficient (Wildman–Crippen LogP) is 3.94. The number of aromatic nitrogens is 2. The van der Waals surface area contributed by atoms with Gasteiger partial charge in [0.2, 0.25) is 5.88 Å². The largest absolute Gasteiger partial charge is 0.497 e. The quantitative estimate of drug-likeness (QED) is 0.674. The number of ether oxygens (including phenoxy) is 2. The van der Waals surface area contributed by atoms with Crippen LogP contribution in [0.15, 0.2) is 67.1 Å². The Hall–Kier alpha value is -3.41. The summed E-state index contributed by atoms with van der Waals surface area (Å²) in [7, 11) is 1.61. The lowest BCUT2D eigenvalue weighted by molar-refractivity contribution is 0.0988. The average molecular weight is 349 g/mol. The Labute approximate surface area is 152 Å². The summed E-state index contributed by atoms with van der Waals surface area (Å²) in [5.41, 5.74) is 1.23. The van der Waals surface area contributed by atoms with Gasteiger partial charge in [-0.15, -0.1) is 0 Å². The lowest BCUT2D eigenvalue weighted by Gasteiger charge is -2.20. The zero-order valence-corrected chi connectivity index (χ0v) is 14.6. The number of nitrogens with zero attached hydrogens (tertiary/aromatic N) is 3. The molecule has 0 saturated carbocycles. The van der Waals surface area contributed by atoms with Gasteiger partial charge in [-0.05, 0) is 49.4 Å². The second-order valence-corrected chi connectivity index (χ2v) is 5.42. The van der Waals surface area contributed by atoms with Gasteiger partial charge in [-0.25, -0.2) is 4.98 Å². The molecule has 0 bridgehead atoms. The first-order chi connectivity index (χ1) is 12.7. The van der Waals surface area contributed by atoms with Crippen LogP contribution in [0.1, 0.15) is 17.3 Å². The van der Waals surface area contributed by atoms with Gasteiger partial charge in [0.25, 0.3) is 5.91 Å². The van der Waals surface area contributed by atoms with Gasteiger partial charge in [0.05, 0.1) is 24.6 Å². The number of hydrogen-bond donors (Lipinski definition) is 0. The Bertz CT molecular complexity index is 850. The molecule has 2 heterocycles. The van der Waals surface area contributed by atoms with E-state index < -0.39 is 0 Å². The third-order valence-corrected chi connectivity index (χ3v) is 3.78. The molecule has 6 nitrogen and oxygen atoms in total. The highest BCUT2D eigenvalue weighted by Gasteiger charge is 2.16. The first-order valence-electron chi connectivity index (χ1n) is 8.21. The summed E-state index contributed by atoms with van der Waals surface area (Å²) in [6, 6.07) is 14.2. The van der Waals surface area contributed by atoms with Crippen LogP contribution in [0.25, 0.3) is 0 Å². The molecule has 0 N–H and O–H groups in total. The third kappa shape index (κ3) is 3.97. The molecule has 0 spiro atoms. The molecule has 0 fully saturated rings. The minimum atomic E-state index is -0.135. The molecule has 0 aliphatic rings. The van der Waals surface area contributed by atoms with Gasteiger partial charge >= 0.3 is 0 Å². The van der Waals surface area contributed by atoms with Crippen molar-refractivity contribution < 1.29 is 14.3 Å². The average Bonchev–Trinajstić information content (AvgIpc) is 2.70. The Morgan fingerprint density at radius 3 is 2.38 bits per heavy atom. The van der Waals surface area contributed by atoms with Crippen LogP contribution in [-0.2, 0) is 0 Å². The summed E-state index contributed by atoms with van der Waals surface area (Å²) in [5.74, 6) is 1.67. The summed E-state index contributed by atoms with van der Waals surface area (Å²) < 4.78 is 10.8. The minimum Gasteiger partial charge on any atom is -0.497 e. The maximum Gasteiger partial charge on any atom is 0.259 e. The molecule has 132 valence electrons. The fraction of sp³-hybridized carbons (Fsp3) is 0.150. The van der Waals surface area contributed by atoms with Crippen molar-refractivity contribution in [3.8, 4) is 17.4 Å². The molecule has 2 aromatic heterocycles. The van der Waals surface area contributed by atoms with E-state index in [0.29, 0.717) is 23.7 Å². The van der Waals surface area contributed by atoms with Crippen LogP contribution in [-0.4, -0.2) is 29.5 Å². The number of hydrogen-bond acceptors (Lipinski definition) is 5. The molecule has 0 atom stereocenters. The van der Waals surface area contributed by atoms with E-state index in [0.717, 1.165) is 11.4 Å². The smallest absolute Gasteiger partial charge is 0.259 e. The molecule has 3 aromatic rings. The van der Waals surface area contributed by atoms with E-state index in [1.807, 2.05) is 13.0 Å². The number of anilines is 1. The Balaban J connectivity index is 1.72. The second kappa shape index (κ2) is 8.11. The molecule has 0 radical (unpaired) electrons. The van der Waals surface area contributed by atoms with Gasteiger partial charge < -0.3 is 14.4 Å². The van der Waals surface area contributed by atoms with E-state index in [4.69, 9.17) is 9.47 Å². The van der Waals surface area contributed by atoms with Gasteiger partial charge in [0, 0.05) is 25.0 Å². The van der Waals surface area contributed by atoms with Crippen molar-refractivity contribution in [2.75, 3.05) is 18.6 Å². The van der Waals surface area contributed by atoms with E-state index in [2.05, 4.69) is 9.97 Å². The van der Waals surface area contributed by atoms with Crippen LogP contribution in [0.3, 0.4) is 0 Å². The highest BCUT2D eigenvalue weighted by Crippen LogP contribution is 2.23. The Kier molecular flexibility index (Phi) is 5.43. The van der Waals surface area contributed by atoms with Crippen LogP contribution in [0.2, 0.25) is 0 Å². The zero-order valence-electron chi connectivity index (χ0n) is 14.6. The van der Waals surface area contributed by atoms with E-state index in [-0.39, 0.29) is 5.91 Å². The van der Waals surface area contributed by atoms with E-state index >= 15 is 0 Å². The first kappa shape index (κ1) is 17.4. The van der Waals surface area contributed by atoms with Gasteiger partial charge in [-0.2, -0.15) is 0 Å². The summed E-state index contributed by atoms with van der Waals surface area (Å²) in [6.07, 6.45) is 4.85. The second-order valence-electron chi connectivity index (χ2n) is 5.42. The zero-order chi connectivity index (χ0) is 18.4. The normalized spacial score (nSPS) is 10.2. The van der Waals surface area contributed by atoms with Gasteiger partial charge in [0.1, 0.15) is 11.5 Å². The molecule has 26 heavy (non-hydrogen) atoms. The third-order valence-electron chi connectivity index (χ3n) is 3.78. The molecular formula is C20H19N3O3. The van der Waals surface area contributed by atoms with Gasteiger partial charge in [-0.1, -0.05) is 0 Å². The highest BCUT2D eigenvalue weighted by atomic mass is 16.5. The molecule has 1 amide bonds. The van der Waals surface area contributed by atoms with E-state index in [1.54, 1.807) is 66.9 Å². The van der Waals surface area contributed by atoms with Crippen LogP contribution < -0.4 is 14.4 Å². The standard InChI is InChI=1S/C20H19N3O3/c1-3-23(16-5-4-12-21-14-16)20(24)15-6-11-19(22-13-15)26-18-9-7-17(25-2)8-10-18/h4-14H,3H2,1-2H3. The maximum absolute atomic E-state index is 12.7. The number of carbonyl (C=O) groups is 1. The lowest BCUT2D eigenvalue weighted by atomic mass is 10.2. The van der Waals surface area contributed by atoms with Crippen molar-refractivity contribution in [3.63, 3.8) is 0 Å². The van der Waals surface area contributed by atoms with Crippen LogP contribution >= 0.6 is 0 Å². The Morgan fingerprint density at radius 1 is 1.04 bits per heavy atom. The van der Waals surface area contributed by atoms with Crippen molar-refractivity contribution >= 4 is 11.6 Å². The monoisotopic (exact) mass is 349 g/mol. The van der Waals surface area contributed by atoms with Crippen molar-refractivity contribution in [1.29, 1.82) is 0 Å². The molecule has 3 rings (SSSR count). The topological polar surface area (TPSA) is 64.6 Å². The first-order valence-corrected chi connectivity index (χ1v) is 8.21. The fourth-order valence-electron chi connectivity index (χ4n) is 2.44. The molecule has 0 saturated heterocycles. The molecule has 0 unspecified atom stereocenters. The number of amides is 1. The number of benzene rings is 1. The van der Waals surface area contributed by atoms with E-state index in [9.17, 15) is 4.79 Å².